The maximum absolute atomic E-state index is 10.4. The van der Waals surface area contributed by atoms with E-state index in [-0.39, 0.29) is 63.5 Å². The van der Waals surface area contributed by atoms with Gasteiger partial charge >= 0.3 is 51.4 Å². The predicted molar refractivity (Wildman–Crippen MR) is 39.0 cm³/mol. The van der Waals surface area contributed by atoms with Crippen molar-refractivity contribution in [2.24, 2.45) is 0 Å². The van der Waals surface area contributed by atoms with Gasteiger partial charge in [-0.2, -0.15) is 8.42 Å². The Kier molecular flexibility index (Phi) is 4.93. The third-order valence-electron chi connectivity index (χ3n) is 1.12. The summed E-state index contributed by atoms with van der Waals surface area (Å²) in [6.45, 7) is 0. The van der Waals surface area contributed by atoms with Gasteiger partial charge in [0.1, 0.15) is 5.75 Å². The topological polar surface area (TPSA) is 74.6 Å². The van der Waals surface area contributed by atoms with Gasteiger partial charge in [0.2, 0.25) is 0 Å². The van der Waals surface area contributed by atoms with Crippen molar-refractivity contribution in [3.05, 3.63) is 24.3 Å². The van der Waals surface area contributed by atoms with E-state index in [0.717, 1.165) is 6.07 Å². The summed E-state index contributed by atoms with van der Waals surface area (Å²) in [4.78, 5) is -0.308. The second kappa shape index (κ2) is 4.71. The average molecular weight is 214 g/mol. The number of phenolic OH excluding ortho intramolecular Hbond substituents is 1. The Hall–Kier alpha value is 0.566. The van der Waals surface area contributed by atoms with Crippen molar-refractivity contribution >= 4 is 10.1 Å². The molecule has 0 fully saturated rings. The summed E-state index contributed by atoms with van der Waals surface area (Å²) in [5, 5.41) is 8.80. The molecule has 0 atom stereocenters. The van der Waals surface area contributed by atoms with E-state index in [4.69, 9.17) is 9.66 Å². The molecule has 4 nitrogen and oxygen atoms in total. The fourth-order valence-electron chi connectivity index (χ4n) is 0.644. The van der Waals surface area contributed by atoms with Crippen LogP contribution in [-0.4, -0.2) is 18.1 Å². The molecule has 2 N–H and O–H groups in total. The number of aromatic hydroxyl groups is 1. The summed E-state index contributed by atoms with van der Waals surface area (Å²) < 4.78 is 29.3. The first-order valence-corrected chi connectivity index (χ1v) is 4.21. The number of hydrogen-bond acceptors (Lipinski definition) is 3. The molecule has 0 aromatic heterocycles. The third kappa shape index (κ3) is 3.52. The Bertz CT molecular complexity index is 365. The Morgan fingerprint density at radius 3 is 2.25 bits per heavy atom. The molecular weight excluding hydrogens is 207 g/mol. The van der Waals surface area contributed by atoms with Crippen LogP contribution in [0.1, 0.15) is 1.43 Å². The van der Waals surface area contributed by atoms with Crippen LogP contribution in [0, 0.1) is 0 Å². The molecule has 12 heavy (non-hydrogen) atoms. The van der Waals surface area contributed by atoms with Crippen LogP contribution in [0.2, 0.25) is 0 Å². The van der Waals surface area contributed by atoms with Crippen molar-refractivity contribution in [3.63, 3.8) is 0 Å². The molecule has 0 aliphatic heterocycles. The summed E-state index contributed by atoms with van der Waals surface area (Å²) in [6.07, 6.45) is 0. The average Bonchev–Trinajstić information content (AvgIpc) is 1.86. The molecule has 0 spiro atoms. The van der Waals surface area contributed by atoms with E-state index in [2.05, 4.69) is 0 Å². The van der Waals surface area contributed by atoms with Crippen LogP contribution in [0.15, 0.2) is 29.2 Å². The van der Waals surface area contributed by atoms with Gasteiger partial charge in [0.25, 0.3) is 10.1 Å². The molecule has 1 aromatic carbocycles. The fourth-order valence-corrected chi connectivity index (χ4v) is 1.16. The van der Waals surface area contributed by atoms with Gasteiger partial charge in [-0.15, -0.1) is 0 Å². The molecule has 0 heterocycles. The van der Waals surface area contributed by atoms with E-state index >= 15 is 0 Å². The third-order valence-corrected chi connectivity index (χ3v) is 1.97. The maximum Gasteiger partial charge on any atom is 1.00 e. The molecule has 0 bridgehead atoms. The second-order valence-corrected chi connectivity index (χ2v) is 3.39. The second-order valence-electron chi connectivity index (χ2n) is 1.97. The summed E-state index contributed by atoms with van der Waals surface area (Å²) in [6, 6.07) is 4.80. The normalized spacial score (nSPS) is 10.4. The van der Waals surface area contributed by atoms with Gasteiger partial charge in [-0.1, -0.05) is 6.07 Å². The fraction of sp³-hybridized carbons (Fsp3) is 0. The van der Waals surface area contributed by atoms with Crippen LogP contribution in [0.25, 0.3) is 0 Å². The van der Waals surface area contributed by atoms with Crippen molar-refractivity contribution in [1.29, 1.82) is 0 Å². The zero-order valence-electron chi connectivity index (χ0n) is 7.43. The van der Waals surface area contributed by atoms with Crippen LogP contribution in [0.3, 0.4) is 0 Å². The molecule has 1 rings (SSSR count). The summed E-state index contributed by atoms with van der Waals surface area (Å²) >= 11 is 0. The summed E-state index contributed by atoms with van der Waals surface area (Å²) in [7, 11) is -4.19. The zero-order valence-corrected chi connectivity index (χ0v) is 10.4. The van der Waals surface area contributed by atoms with E-state index < -0.39 is 10.1 Å². The summed E-state index contributed by atoms with van der Waals surface area (Å²) in [5.74, 6) is -0.194. The van der Waals surface area contributed by atoms with Crippen molar-refractivity contribution in [2.45, 2.75) is 4.90 Å². The molecule has 62 valence electrons. The van der Waals surface area contributed by atoms with Gasteiger partial charge in [-0.25, -0.2) is 0 Å². The van der Waals surface area contributed by atoms with Crippen LogP contribution in [-0.2, 0) is 10.1 Å². The standard InChI is InChI=1S/C6H6O4S.K.H/c7-5-2-1-3-6(4-5)11(8,9)10;;/h1-4,7H,(H,8,9,10);;/q;+1;-1. The summed E-state index contributed by atoms with van der Waals surface area (Å²) in [5.41, 5.74) is 0. The predicted octanol–water partition coefficient (Wildman–Crippen LogP) is -2.24. The molecule has 1 aromatic rings. The molecule has 0 aliphatic carbocycles. The van der Waals surface area contributed by atoms with Crippen molar-refractivity contribution < 1.29 is 70.9 Å². The number of phenols is 1. The zero-order chi connectivity index (χ0) is 8.48. The minimum absolute atomic E-state index is 0. The first kappa shape index (κ1) is 12.6. The number of rotatable bonds is 1. The van der Waals surface area contributed by atoms with Gasteiger partial charge in [0, 0.05) is 6.07 Å². The Morgan fingerprint density at radius 2 is 1.92 bits per heavy atom. The van der Waals surface area contributed by atoms with Crippen LogP contribution < -0.4 is 51.4 Å². The first-order chi connectivity index (χ1) is 5.00. The Morgan fingerprint density at radius 1 is 1.33 bits per heavy atom. The van der Waals surface area contributed by atoms with E-state index in [1.807, 2.05) is 0 Å². The largest absolute Gasteiger partial charge is 1.00 e. The van der Waals surface area contributed by atoms with E-state index in [0.29, 0.717) is 0 Å². The van der Waals surface area contributed by atoms with Gasteiger partial charge < -0.3 is 6.53 Å². The quantitative estimate of drug-likeness (QED) is 0.409. The van der Waals surface area contributed by atoms with Crippen molar-refractivity contribution in [1.82, 2.24) is 0 Å². The Balaban J connectivity index is 0. The first-order valence-electron chi connectivity index (χ1n) is 2.77. The van der Waals surface area contributed by atoms with E-state index in [1.54, 1.807) is 0 Å². The van der Waals surface area contributed by atoms with Gasteiger partial charge in [0.15, 0.2) is 0 Å². The SMILES string of the molecule is O=S(=O)(O)c1cccc(O)c1.[H-].[K+]. The number of benzene rings is 1. The Labute approximate surface area is 114 Å². The molecule has 0 amide bonds. The van der Waals surface area contributed by atoms with Crippen LogP contribution >= 0.6 is 0 Å². The molecule has 0 unspecified atom stereocenters. The monoisotopic (exact) mass is 214 g/mol. The molecule has 0 radical (unpaired) electrons. The van der Waals surface area contributed by atoms with Gasteiger partial charge in [-0.05, 0) is 12.1 Å². The van der Waals surface area contributed by atoms with E-state index in [1.165, 1.54) is 18.2 Å². The van der Waals surface area contributed by atoms with Crippen LogP contribution in [0.5, 0.6) is 5.75 Å². The van der Waals surface area contributed by atoms with Crippen molar-refractivity contribution in [2.75, 3.05) is 0 Å². The molecule has 0 aliphatic rings. The minimum Gasteiger partial charge on any atom is -1.00 e. The minimum atomic E-state index is -4.19. The molecule has 0 saturated carbocycles. The van der Waals surface area contributed by atoms with Gasteiger partial charge in [-0.3, -0.25) is 4.55 Å². The van der Waals surface area contributed by atoms with Crippen molar-refractivity contribution in [3.8, 4) is 5.75 Å². The van der Waals surface area contributed by atoms with Crippen LogP contribution in [0.4, 0.5) is 0 Å². The molecule has 0 saturated heterocycles. The molecule has 6 heteroatoms. The smallest absolute Gasteiger partial charge is 1.00 e. The van der Waals surface area contributed by atoms with Gasteiger partial charge in [0.05, 0.1) is 4.90 Å². The maximum atomic E-state index is 10.4. The van der Waals surface area contributed by atoms with E-state index in [9.17, 15) is 8.42 Å². The number of hydrogen-bond donors (Lipinski definition) is 2. The molecular formula is C6H7KO4S.